The molecule has 2 rings (SSSR count). The molecule has 0 radical (unpaired) electrons. The first-order valence-corrected chi connectivity index (χ1v) is 7.08. The van der Waals surface area contributed by atoms with Crippen molar-refractivity contribution < 1.29 is 9.53 Å². The number of nitrogens with one attached hydrogen (secondary N) is 1. The van der Waals surface area contributed by atoms with E-state index in [9.17, 15) is 4.79 Å². The third-order valence-electron chi connectivity index (χ3n) is 3.37. The van der Waals surface area contributed by atoms with Gasteiger partial charge in [0.15, 0.2) is 0 Å². The fourth-order valence-electron chi connectivity index (χ4n) is 2.34. The van der Waals surface area contributed by atoms with Gasteiger partial charge in [0, 0.05) is 25.2 Å². The summed E-state index contributed by atoms with van der Waals surface area (Å²) in [6, 6.07) is 5.80. The maximum absolute atomic E-state index is 11.6. The standard InChI is InChI=1S/C16H21N3O2/c1-21-15-6-5-13(4-2-7-17)14(10-15)11-19-9-3-8-18-16(20)12-19/h5-6,10H,3,7-9,11-12,17H2,1H3,(H,18,20). The van der Waals surface area contributed by atoms with Crippen molar-refractivity contribution in [3.63, 3.8) is 0 Å². The Kier molecular flexibility index (Phi) is 5.61. The van der Waals surface area contributed by atoms with Gasteiger partial charge in [-0.1, -0.05) is 11.8 Å². The van der Waals surface area contributed by atoms with Crippen molar-refractivity contribution in [2.45, 2.75) is 13.0 Å². The smallest absolute Gasteiger partial charge is 0.234 e. The summed E-state index contributed by atoms with van der Waals surface area (Å²) in [6.45, 7) is 3.06. The topological polar surface area (TPSA) is 67.6 Å². The van der Waals surface area contributed by atoms with Gasteiger partial charge in [-0.05, 0) is 30.2 Å². The van der Waals surface area contributed by atoms with Crippen LogP contribution in [-0.4, -0.2) is 44.1 Å². The Bertz CT molecular complexity index is 560. The fraction of sp³-hybridized carbons (Fsp3) is 0.438. The minimum Gasteiger partial charge on any atom is -0.497 e. The first-order chi connectivity index (χ1) is 10.2. The molecule has 3 N–H and O–H groups in total. The largest absolute Gasteiger partial charge is 0.497 e. The Morgan fingerprint density at radius 2 is 2.33 bits per heavy atom. The van der Waals surface area contributed by atoms with Crippen LogP contribution in [0.5, 0.6) is 5.75 Å². The zero-order valence-corrected chi connectivity index (χ0v) is 12.3. The molecule has 1 saturated heterocycles. The first-order valence-electron chi connectivity index (χ1n) is 7.08. The number of hydrogen-bond acceptors (Lipinski definition) is 4. The molecule has 1 aliphatic rings. The second-order valence-corrected chi connectivity index (χ2v) is 4.94. The molecule has 5 nitrogen and oxygen atoms in total. The minimum atomic E-state index is 0.0741. The van der Waals surface area contributed by atoms with E-state index in [1.54, 1.807) is 7.11 Å². The van der Waals surface area contributed by atoms with E-state index < -0.39 is 0 Å². The summed E-state index contributed by atoms with van der Waals surface area (Å²) in [5.41, 5.74) is 7.44. The molecule has 112 valence electrons. The number of nitrogens with two attached hydrogens (primary N) is 1. The molecule has 0 unspecified atom stereocenters. The second-order valence-electron chi connectivity index (χ2n) is 4.94. The Morgan fingerprint density at radius 3 is 3.10 bits per heavy atom. The molecule has 0 atom stereocenters. The van der Waals surface area contributed by atoms with E-state index in [0.717, 1.165) is 36.4 Å². The lowest BCUT2D eigenvalue weighted by molar-refractivity contribution is -0.121. The summed E-state index contributed by atoms with van der Waals surface area (Å²) in [6.07, 6.45) is 0.958. The average molecular weight is 287 g/mol. The fourth-order valence-corrected chi connectivity index (χ4v) is 2.34. The van der Waals surface area contributed by atoms with E-state index in [-0.39, 0.29) is 5.91 Å². The monoisotopic (exact) mass is 287 g/mol. The number of amides is 1. The van der Waals surface area contributed by atoms with E-state index in [0.29, 0.717) is 19.6 Å². The van der Waals surface area contributed by atoms with Gasteiger partial charge in [0.1, 0.15) is 5.75 Å². The van der Waals surface area contributed by atoms with E-state index >= 15 is 0 Å². The van der Waals surface area contributed by atoms with Crippen LogP contribution in [0, 0.1) is 11.8 Å². The average Bonchev–Trinajstić information content (AvgIpc) is 2.70. The highest BCUT2D eigenvalue weighted by atomic mass is 16.5. The summed E-state index contributed by atoms with van der Waals surface area (Å²) in [5, 5.41) is 2.88. The summed E-state index contributed by atoms with van der Waals surface area (Å²) in [5.74, 6) is 6.83. The van der Waals surface area contributed by atoms with Crippen LogP contribution in [0.15, 0.2) is 18.2 Å². The van der Waals surface area contributed by atoms with Crippen LogP contribution in [0.3, 0.4) is 0 Å². The van der Waals surface area contributed by atoms with Crippen LogP contribution < -0.4 is 15.8 Å². The molecule has 0 aromatic heterocycles. The predicted molar refractivity (Wildman–Crippen MR) is 81.8 cm³/mol. The third-order valence-corrected chi connectivity index (χ3v) is 3.37. The van der Waals surface area contributed by atoms with Crippen molar-refractivity contribution in [3.8, 4) is 17.6 Å². The van der Waals surface area contributed by atoms with E-state index in [1.807, 2.05) is 18.2 Å². The van der Waals surface area contributed by atoms with Crippen molar-refractivity contribution >= 4 is 5.91 Å². The Labute approximate surface area is 125 Å². The molecule has 0 aliphatic carbocycles. The number of ether oxygens (including phenoxy) is 1. The molecule has 0 spiro atoms. The number of hydrogen-bond donors (Lipinski definition) is 2. The Hall–Kier alpha value is -2.03. The number of methoxy groups -OCH3 is 1. The summed E-state index contributed by atoms with van der Waals surface area (Å²) in [4.78, 5) is 13.8. The van der Waals surface area contributed by atoms with Crippen LogP contribution >= 0.6 is 0 Å². The van der Waals surface area contributed by atoms with Gasteiger partial charge in [-0.3, -0.25) is 9.69 Å². The van der Waals surface area contributed by atoms with Crippen molar-refractivity contribution in [1.82, 2.24) is 10.2 Å². The van der Waals surface area contributed by atoms with E-state index in [1.165, 1.54) is 0 Å². The number of rotatable bonds is 3. The quantitative estimate of drug-likeness (QED) is 0.786. The van der Waals surface area contributed by atoms with Gasteiger partial charge in [-0.2, -0.15) is 0 Å². The highest BCUT2D eigenvalue weighted by Gasteiger charge is 2.16. The molecular weight excluding hydrogens is 266 g/mol. The minimum absolute atomic E-state index is 0.0741. The SMILES string of the molecule is COc1ccc(C#CCN)c(CN2CCCNC(=O)C2)c1. The molecule has 21 heavy (non-hydrogen) atoms. The maximum atomic E-state index is 11.6. The van der Waals surface area contributed by atoms with Crippen molar-refractivity contribution in [2.75, 3.05) is 33.3 Å². The van der Waals surface area contributed by atoms with E-state index in [4.69, 9.17) is 10.5 Å². The molecule has 1 amide bonds. The van der Waals surface area contributed by atoms with E-state index in [2.05, 4.69) is 22.1 Å². The van der Waals surface area contributed by atoms with Crippen molar-refractivity contribution in [3.05, 3.63) is 29.3 Å². The third kappa shape index (κ3) is 4.48. The molecule has 1 aromatic carbocycles. The van der Waals surface area contributed by atoms with Crippen LogP contribution in [0.25, 0.3) is 0 Å². The van der Waals surface area contributed by atoms with Gasteiger partial charge in [0.05, 0.1) is 20.2 Å². The lowest BCUT2D eigenvalue weighted by Crippen LogP contribution is -2.32. The molecule has 0 saturated carbocycles. The lowest BCUT2D eigenvalue weighted by Gasteiger charge is -2.19. The van der Waals surface area contributed by atoms with Gasteiger partial charge in [-0.15, -0.1) is 0 Å². The molecule has 1 aromatic rings. The molecule has 0 bridgehead atoms. The van der Waals surface area contributed by atoms with Gasteiger partial charge < -0.3 is 15.8 Å². The van der Waals surface area contributed by atoms with Gasteiger partial charge in [0.25, 0.3) is 0 Å². The zero-order valence-electron chi connectivity index (χ0n) is 12.3. The molecule has 1 heterocycles. The first kappa shape index (κ1) is 15.4. The number of carbonyl (C=O) groups excluding carboxylic acids is 1. The second kappa shape index (κ2) is 7.67. The highest BCUT2D eigenvalue weighted by Crippen LogP contribution is 2.19. The van der Waals surface area contributed by atoms with Crippen LogP contribution in [0.1, 0.15) is 17.5 Å². The molecule has 5 heteroatoms. The zero-order chi connectivity index (χ0) is 15.1. The lowest BCUT2D eigenvalue weighted by atomic mass is 10.1. The van der Waals surface area contributed by atoms with Crippen LogP contribution in [0.2, 0.25) is 0 Å². The van der Waals surface area contributed by atoms with Crippen molar-refractivity contribution in [1.29, 1.82) is 0 Å². The summed E-state index contributed by atoms with van der Waals surface area (Å²) in [7, 11) is 1.64. The number of carbonyl (C=O) groups is 1. The van der Waals surface area contributed by atoms with Crippen LogP contribution in [-0.2, 0) is 11.3 Å². The summed E-state index contributed by atoms with van der Waals surface area (Å²) < 4.78 is 5.28. The molecular formula is C16H21N3O2. The van der Waals surface area contributed by atoms with Crippen molar-refractivity contribution in [2.24, 2.45) is 5.73 Å². The maximum Gasteiger partial charge on any atom is 0.234 e. The van der Waals surface area contributed by atoms with Crippen LogP contribution in [0.4, 0.5) is 0 Å². The molecule has 1 aliphatic heterocycles. The van der Waals surface area contributed by atoms with Gasteiger partial charge >= 0.3 is 0 Å². The Morgan fingerprint density at radius 1 is 1.48 bits per heavy atom. The van der Waals surface area contributed by atoms with Gasteiger partial charge in [0.2, 0.25) is 5.91 Å². The number of benzene rings is 1. The number of nitrogens with zero attached hydrogens (tertiary/aromatic N) is 1. The summed E-state index contributed by atoms with van der Waals surface area (Å²) >= 11 is 0. The molecule has 1 fully saturated rings. The highest BCUT2D eigenvalue weighted by molar-refractivity contribution is 5.78. The predicted octanol–water partition coefficient (Wildman–Crippen LogP) is 0.327. The Balaban J connectivity index is 2.21. The van der Waals surface area contributed by atoms with Gasteiger partial charge in [-0.25, -0.2) is 0 Å². The normalized spacial score (nSPS) is 15.6.